The molecule has 24 heavy (non-hydrogen) atoms. The van der Waals surface area contributed by atoms with E-state index in [0.29, 0.717) is 16.1 Å². The molecule has 0 radical (unpaired) electrons. The van der Waals surface area contributed by atoms with Gasteiger partial charge in [0.1, 0.15) is 6.10 Å². The van der Waals surface area contributed by atoms with Crippen molar-refractivity contribution in [2.75, 3.05) is 0 Å². The lowest BCUT2D eigenvalue weighted by Crippen LogP contribution is -2.41. The fourth-order valence-corrected chi connectivity index (χ4v) is 3.63. The molecule has 5 heteroatoms. The molecule has 4 rings (SSSR count). The lowest BCUT2D eigenvalue weighted by atomic mass is 9.83. The Balaban J connectivity index is 1.91. The average molecular weight is 343 g/mol. The number of carbonyl (C=O) groups is 2. The van der Waals surface area contributed by atoms with E-state index in [0.717, 1.165) is 5.56 Å². The van der Waals surface area contributed by atoms with Crippen LogP contribution >= 0.6 is 11.6 Å². The van der Waals surface area contributed by atoms with Crippen molar-refractivity contribution in [2.45, 2.75) is 31.3 Å². The van der Waals surface area contributed by atoms with Crippen molar-refractivity contribution in [3.8, 4) is 0 Å². The first-order chi connectivity index (χ1) is 11.3. The van der Waals surface area contributed by atoms with Crippen molar-refractivity contribution in [3.63, 3.8) is 0 Å². The summed E-state index contributed by atoms with van der Waals surface area (Å²) in [4.78, 5) is 26.1. The van der Waals surface area contributed by atoms with Crippen molar-refractivity contribution in [1.82, 2.24) is 0 Å². The predicted octanol–water partition coefficient (Wildman–Crippen LogP) is 3.98. The molecule has 0 aliphatic carbocycles. The van der Waals surface area contributed by atoms with E-state index < -0.39 is 17.5 Å². The Morgan fingerprint density at radius 3 is 2.12 bits per heavy atom. The lowest BCUT2D eigenvalue weighted by molar-refractivity contribution is -0.131. The molecule has 0 amide bonds. The Hall–Kier alpha value is -2.01. The first kappa shape index (κ1) is 15.5. The summed E-state index contributed by atoms with van der Waals surface area (Å²) < 4.78 is 11.9. The molecule has 2 aliphatic rings. The van der Waals surface area contributed by atoms with Crippen LogP contribution in [0.25, 0.3) is 0 Å². The molecule has 0 unspecified atom stereocenters. The molecular weight excluding hydrogens is 328 g/mol. The van der Waals surface area contributed by atoms with Gasteiger partial charge >= 0.3 is 0 Å². The number of Topliss-reactive ketones (excluding diaryl/α,β-unsaturated/α-hetero) is 2. The molecule has 0 spiro atoms. The molecule has 2 aromatic carbocycles. The second-order valence-corrected chi connectivity index (χ2v) is 6.84. The second-order valence-electron chi connectivity index (χ2n) is 6.41. The van der Waals surface area contributed by atoms with Crippen LogP contribution in [-0.2, 0) is 9.47 Å². The SMILES string of the molecule is C[C@@]12O[C@@H](c3ccc(Cl)cc3)[C@@](C)(O1)C(=O)c1ccccc1C2=O. The second kappa shape index (κ2) is 4.99. The van der Waals surface area contributed by atoms with Crippen LogP contribution in [0.3, 0.4) is 0 Å². The molecule has 0 N–H and O–H groups in total. The Kier molecular flexibility index (Phi) is 3.23. The predicted molar refractivity (Wildman–Crippen MR) is 88.3 cm³/mol. The molecular formula is C19H15ClO4. The molecule has 1 fully saturated rings. The number of carbonyl (C=O) groups excluding carboxylic acids is 2. The van der Waals surface area contributed by atoms with Gasteiger partial charge in [-0.2, -0.15) is 0 Å². The summed E-state index contributed by atoms with van der Waals surface area (Å²) >= 11 is 5.94. The van der Waals surface area contributed by atoms with E-state index >= 15 is 0 Å². The number of halogens is 1. The third kappa shape index (κ3) is 2.00. The van der Waals surface area contributed by atoms with Gasteiger partial charge in [0.25, 0.3) is 0 Å². The highest BCUT2D eigenvalue weighted by Crippen LogP contribution is 2.50. The van der Waals surface area contributed by atoms with E-state index in [4.69, 9.17) is 21.1 Å². The molecule has 1 saturated heterocycles. The van der Waals surface area contributed by atoms with Crippen molar-refractivity contribution in [1.29, 1.82) is 0 Å². The largest absolute Gasteiger partial charge is 0.332 e. The minimum atomic E-state index is -1.50. The molecule has 0 saturated carbocycles. The van der Waals surface area contributed by atoms with Crippen LogP contribution in [0.1, 0.15) is 46.2 Å². The minimum absolute atomic E-state index is 0.257. The summed E-state index contributed by atoms with van der Waals surface area (Å²) in [6.45, 7) is 3.24. The third-order valence-corrected chi connectivity index (χ3v) is 4.95. The number of hydrogen-bond donors (Lipinski definition) is 0. The summed E-state index contributed by atoms with van der Waals surface area (Å²) in [5, 5.41) is 0.585. The number of rotatable bonds is 1. The first-order valence-corrected chi connectivity index (χ1v) is 8.05. The fourth-order valence-electron chi connectivity index (χ4n) is 3.50. The van der Waals surface area contributed by atoms with E-state index in [9.17, 15) is 9.59 Å². The highest BCUT2D eigenvalue weighted by atomic mass is 35.5. The van der Waals surface area contributed by atoms with Crippen LogP contribution in [0.15, 0.2) is 48.5 Å². The van der Waals surface area contributed by atoms with Gasteiger partial charge in [-0.05, 0) is 31.5 Å². The molecule has 122 valence electrons. The monoisotopic (exact) mass is 342 g/mol. The average Bonchev–Trinajstić information content (AvgIpc) is 2.84. The van der Waals surface area contributed by atoms with Gasteiger partial charge in [0.2, 0.25) is 11.6 Å². The Bertz CT molecular complexity index is 860. The summed E-state index contributed by atoms with van der Waals surface area (Å²) in [5.74, 6) is -2.10. The number of benzene rings is 2. The Labute approximate surface area is 144 Å². The van der Waals surface area contributed by atoms with Crippen molar-refractivity contribution >= 4 is 23.2 Å². The zero-order valence-electron chi connectivity index (χ0n) is 13.2. The molecule has 2 heterocycles. The summed E-state index contributed by atoms with van der Waals surface area (Å²) in [7, 11) is 0. The maximum Gasteiger partial charge on any atom is 0.232 e. The highest BCUT2D eigenvalue weighted by Gasteiger charge is 2.62. The maximum atomic E-state index is 13.2. The molecule has 0 aromatic heterocycles. The van der Waals surface area contributed by atoms with Gasteiger partial charge in [-0.3, -0.25) is 9.59 Å². The maximum absolute atomic E-state index is 13.2. The smallest absolute Gasteiger partial charge is 0.232 e. The van der Waals surface area contributed by atoms with Gasteiger partial charge in [0, 0.05) is 16.1 Å². The van der Waals surface area contributed by atoms with Crippen LogP contribution in [0.4, 0.5) is 0 Å². The quantitative estimate of drug-likeness (QED) is 0.786. The zero-order chi connectivity index (χ0) is 17.1. The van der Waals surface area contributed by atoms with E-state index in [1.807, 2.05) is 0 Å². The standard InChI is InChI=1S/C19H15ClO4/c1-18-15(21)13-5-3-4-6-14(13)16(22)19(2,24-18)23-17(18)11-7-9-12(20)10-8-11/h3-10,17H,1-2H3/t17-,18-,19+/m0/s1. The Morgan fingerprint density at radius 2 is 1.50 bits per heavy atom. The molecule has 3 atom stereocenters. The van der Waals surface area contributed by atoms with Crippen LogP contribution < -0.4 is 0 Å². The summed E-state index contributed by atoms with van der Waals surface area (Å²) in [6.07, 6.45) is -0.690. The van der Waals surface area contributed by atoms with Crippen molar-refractivity contribution in [3.05, 3.63) is 70.2 Å². The van der Waals surface area contributed by atoms with Gasteiger partial charge in [0.15, 0.2) is 11.4 Å². The van der Waals surface area contributed by atoms with Gasteiger partial charge in [0.05, 0.1) is 0 Å². The van der Waals surface area contributed by atoms with Crippen LogP contribution in [0.2, 0.25) is 5.02 Å². The van der Waals surface area contributed by atoms with Crippen LogP contribution in [0, 0.1) is 0 Å². The Morgan fingerprint density at radius 1 is 0.917 bits per heavy atom. The molecule has 2 bridgehead atoms. The third-order valence-electron chi connectivity index (χ3n) is 4.70. The van der Waals surface area contributed by atoms with E-state index in [2.05, 4.69) is 0 Å². The van der Waals surface area contributed by atoms with E-state index in [1.54, 1.807) is 62.4 Å². The molecule has 2 aliphatic heterocycles. The lowest BCUT2D eigenvalue weighted by Gasteiger charge is -2.27. The van der Waals surface area contributed by atoms with E-state index in [1.165, 1.54) is 0 Å². The van der Waals surface area contributed by atoms with Gasteiger partial charge in [-0.25, -0.2) is 0 Å². The highest BCUT2D eigenvalue weighted by molar-refractivity contribution is 6.30. The number of hydrogen-bond acceptors (Lipinski definition) is 4. The molecule has 4 nitrogen and oxygen atoms in total. The topological polar surface area (TPSA) is 52.6 Å². The van der Waals surface area contributed by atoms with Crippen molar-refractivity contribution in [2.24, 2.45) is 0 Å². The number of ketones is 2. The minimum Gasteiger partial charge on any atom is -0.332 e. The summed E-state index contributed by atoms with van der Waals surface area (Å²) in [5.41, 5.74) is 0.163. The van der Waals surface area contributed by atoms with Gasteiger partial charge in [-0.15, -0.1) is 0 Å². The number of ether oxygens (including phenoxy) is 2. The van der Waals surface area contributed by atoms with Crippen LogP contribution in [0.5, 0.6) is 0 Å². The van der Waals surface area contributed by atoms with Crippen LogP contribution in [-0.4, -0.2) is 23.0 Å². The first-order valence-electron chi connectivity index (χ1n) is 7.67. The number of fused-ring (bicyclic) bond motifs is 3. The van der Waals surface area contributed by atoms with Gasteiger partial charge in [-0.1, -0.05) is 48.0 Å². The summed E-state index contributed by atoms with van der Waals surface area (Å²) in [6, 6.07) is 13.8. The van der Waals surface area contributed by atoms with E-state index in [-0.39, 0.29) is 11.6 Å². The van der Waals surface area contributed by atoms with Crippen molar-refractivity contribution < 1.29 is 19.1 Å². The fraction of sp³-hybridized carbons (Fsp3) is 0.263. The van der Waals surface area contributed by atoms with Gasteiger partial charge < -0.3 is 9.47 Å². The normalized spacial score (nSPS) is 31.7. The zero-order valence-corrected chi connectivity index (χ0v) is 14.0. The molecule has 2 aromatic rings.